The maximum Gasteiger partial charge on any atom is 0.407 e. The number of esters is 1. The summed E-state index contributed by atoms with van der Waals surface area (Å²) in [7, 11) is 0. The molecule has 0 radical (unpaired) electrons. The lowest BCUT2D eigenvalue weighted by molar-refractivity contribution is -0.145. The summed E-state index contributed by atoms with van der Waals surface area (Å²) >= 11 is 5.50. The van der Waals surface area contributed by atoms with E-state index in [0.717, 1.165) is 0 Å². The van der Waals surface area contributed by atoms with E-state index in [1.54, 1.807) is 13.8 Å². The highest BCUT2D eigenvalue weighted by Gasteiger charge is 2.21. The van der Waals surface area contributed by atoms with E-state index in [4.69, 9.17) is 16.3 Å². The fourth-order valence-corrected chi connectivity index (χ4v) is 1.13. The Kier molecular flexibility index (Phi) is 7.81. The van der Waals surface area contributed by atoms with Crippen LogP contribution in [0.3, 0.4) is 0 Å². The molecule has 0 spiro atoms. The summed E-state index contributed by atoms with van der Waals surface area (Å²) in [6.45, 7) is 3.89. The lowest BCUT2D eigenvalue weighted by atomic mass is 10.2. The third-order valence-electron chi connectivity index (χ3n) is 1.54. The van der Waals surface area contributed by atoms with Crippen LogP contribution in [-0.2, 0) is 14.3 Å². The fourth-order valence-electron chi connectivity index (χ4n) is 0.916. The van der Waals surface area contributed by atoms with E-state index in [1.165, 1.54) is 0 Å². The van der Waals surface area contributed by atoms with Crippen molar-refractivity contribution >= 4 is 23.7 Å². The Bertz CT molecular complexity index is 210. The van der Waals surface area contributed by atoms with Crippen molar-refractivity contribution in [1.29, 1.82) is 0 Å². The van der Waals surface area contributed by atoms with E-state index in [-0.39, 0.29) is 19.1 Å². The summed E-state index contributed by atoms with van der Waals surface area (Å²) < 4.78 is 9.41. The lowest BCUT2D eigenvalue weighted by Crippen LogP contribution is -2.42. The molecule has 0 aromatic heterocycles. The SMILES string of the molecule is CCOC(=O)NC(CCCl)C(=O)OCC. The number of amides is 1. The molecule has 0 aromatic carbocycles. The molecular weight excluding hydrogens is 222 g/mol. The second-order valence-electron chi connectivity index (χ2n) is 2.65. The van der Waals surface area contributed by atoms with Gasteiger partial charge in [-0.1, -0.05) is 0 Å². The molecule has 0 heterocycles. The van der Waals surface area contributed by atoms with Crippen LogP contribution in [0.15, 0.2) is 0 Å². The van der Waals surface area contributed by atoms with Crippen LogP contribution in [0.25, 0.3) is 0 Å². The molecule has 0 saturated carbocycles. The number of carbonyl (C=O) groups excluding carboxylic acids is 2. The monoisotopic (exact) mass is 237 g/mol. The molecule has 0 saturated heterocycles. The van der Waals surface area contributed by atoms with Crippen molar-refractivity contribution in [2.75, 3.05) is 19.1 Å². The predicted molar refractivity (Wildman–Crippen MR) is 55.9 cm³/mol. The first-order valence-corrected chi connectivity index (χ1v) is 5.35. The maximum atomic E-state index is 11.3. The molecule has 0 aromatic rings. The standard InChI is InChI=1S/C9H16ClNO4/c1-3-14-8(12)7(5-6-10)11-9(13)15-4-2/h7H,3-6H2,1-2H3,(H,11,13). The van der Waals surface area contributed by atoms with Crippen molar-refractivity contribution in [3.05, 3.63) is 0 Å². The second-order valence-corrected chi connectivity index (χ2v) is 3.03. The van der Waals surface area contributed by atoms with E-state index < -0.39 is 18.1 Å². The average Bonchev–Trinajstić information content (AvgIpc) is 2.18. The average molecular weight is 238 g/mol. The van der Waals surface area contributed by atoms with E-state index in [0.29, 0.717) is 6.42 Å². The minimum Gasteiger partial charge on any atom is -0.464 e. The van der Waals surface area contributed by atoms with E-state index in [2.05, 4.69) is 10.1 Å². The number of hydrogen-bond acceptors (Lipinski definition) is 4. The van der Waals surface area contributed by atoms with Gasteiger partial charge >= 0.3 is 12.1 Å². The first kappa shape index (κ1) is 14.0. The number of carbonyl (C=O) groups is 2. The van der Waals surface area contributed by atoms with Gasteiger partial charge in [0.2, 0.25) is 0 Å². The molecule has 1 amide bonds. The molecule has 0 fully saturated rings. The molecule has 88 valence electrons. The number of halogens is 1. The highest BCUT2D eigenvalue weighted by molar-refractivity contribution is 6.18. The van der Waals surface area contributed by atoms with Crippen LogP contribution in [0.4, 0.5) is 4.79 Å². The van der Waals surface area contributed by atoms with Gasteiger partial charge in [-0.05, 0) is 20.3 Å². The van der Waals surface area contributed by atoms with E-state index >= 15 is 0 Å². The van der Waals surface area contributed by atoms with Crippen LogP contribution >= 0.6 is 11.6 Å². The summed E-state index contributed by atoms with van der Waals surface area (Å²) in [6.07, 6.45) is -0.320. The van der Waals surface area contributed by atoms with Crippen LogP contribution < -0.4 is 5.32 Å². The number of rotatable bonds is 6. The Balaban J connectivity index is 4.13. The van der Waals surface area contributed by atoms with Crippen LogP contribution in [0, 0.1) is 0 Å². The van der Waals surface area contributed by atoms with Gasteiger partial charge in [0.05, 0.1) is 13.2 Å². The first-order chi connectivity index (χ1) is 7.15. The molecule has 1 unspecified atom stereocenters. The van der Waals surface area contributed by atoms with Gasteiger partial charge < -0.3 is 14.8 Å². The number of ether oxygens (including phenoxy) is 2. The highest BCUT2D eigenvalue weighted by atomic mass is 35.5. The largest absolute Gasteiger partial charge is 0.464 e. The summed E-state index contributed by atoms with van der Waals surface area (Å²) in [4.78, 5) is 22.4. The van der Waals surface area contributed by atoms with Crippen LogP contribution in [0.5, 0.6) is 0 Å². The Morgan fingerprint density at radius 1 is 1.27 bits per heavy atom. The molecule has 15 heavy (non-hydrogen) atoms. The van der Waals surface area contributed by atoms with Crippen molar-refractivity contribution < 1.29 is 19.1 Å². The number of nitrogens with one attached hydrogen (secondary N) is 1. The van der Waals surface area contributed by atoms with Gasteiger partial charge in [-0.2, -0.15) is 0 Å². The molecule has 5 nitrogen and oxygen atoms in total. The quantitative estimate of drug-likeness (QED) is 0.559. The predicted octanol–water partition coefficient (Wildman–Crippen LogP) is 1.29. The topological polar surface area (TPSA) is 64.6 Å². The third kappa shape index (κ3) is 6.17. The molecule has 0 bridgehead atoms. The Morgan fingerprint density at radius 2 is 1.87 bits per heavy atom. The Labute approximate surface area is 94.1 Å². The fraction of sp³-hybridized carbons (Fsp3) is 0.778. The molecule has 0 aliphatic rings. The van der Waals surface area contributed by atoms with Gasteiger partial charge in [0, 0.05) is 5.88 Å². The van der Waals surface area contributed by atoms with Gasteiger partial charge in [0.1, 0.15) is 6.04 Å². The van der Waals surface area contributed by atoms with Crippen molar-refractivity contribution in [2.24, 2.45) is 0 Å². The smallest absolute Gasteiger partial charge is 0.407 e. The van der Waals surface area contributed by atoms with Gasteiger partial charge in [0.25, 0.3) is 0 Å². The van der Waals surface area contributed by atoms with Gasteiger partial charge in [0.15, 0.2) is 0 Å². The number of alkyl carbamates (subject to hydrolysis) is 1. The second kappa shape index (κ2) is 8.35. The van der Waals surface area contributed by atoms with Crippen molar-refractivity contribution in [2.45, 2.75) is 26.3 Å². The maximum absolute atomic E-state index is 11.3. The van der Waals surface area contributed by atoms with Crippen molar-refractivity contribution in [1.82, 2.24) is 5.32 Å². The molecule has 0 rings (SSSR count). The molecule has 0 aliphatic carbocycles. The molecule has 1 N–H and O–H groups in total. The summed E-state index contributed by atoms with van der Waals surface area (Å²) in [6, 6.07) is -0.735. The zero-order valence-electron chi connectivity index (χ0n) is 8.92. The van der Waals surface area contributed by atoms with E-state index in [1.807, 2.05) is 0 Å². The molecule has 0 aliphatic heterocycles. The number of hydrogen-bond donors (Lipinski definition) is 1. The molecule has 6 heteroatoms. The van der Waals surface area contributed by atoms with E-state index in [9.17, 15) is 9.59 Å². The van der Waals surface area contributed by atoms with Crippen molar-refractivity contribution in [3.8, 4) is 0 Å². The van der Waals surface area contributed by atoms with Crippen LogP contribution in [-0.4, -0.2) is 37.2 Å². The third-order valence-corrected chi connectivity index (χ3v) is 1.75. The van der Waals surface area contributed by atoms with Crippen LogP contribution in [0.1, 0.15) is 20.3 Å². The summed E-state index contributed by atoms with van der Waals surface area (Å²) in [5.74, 6) is -0.234. The van der Waals surface area contributed by atoms with Crippen molar-refractivity contribution in [3.63, 3.8) is 0 Å². The van der Waals surface area contributed by atoms with Gasteiger partial charge in [-0.25, -0.2) is 9.59 Å². The molecule has 1 atom stereocenters. The first-order valence-electron chi connectivity index (χ1n) is 4.81. The van der Waals surface area contributed by atoms with Gasteiger partial charge in [-0.3, -0.25) is 0 Å². The Morgan fingerprint density at radius 3 is 2.33 bits per heavy atom. The normalized spacial score (nSPS) is 11.7. The zero-order valence-corrected chi connectivity index (χ0v) is 9.67. The zero-order chi connectivity index (χ0) is 11.7. The Hall–Kier alpha value is -0.970. The number of alkyl halides is 1. The summed E-state index contributed by atoms with van der Waals surface area (Å²) in [5.41, 5.74) is 0. The lowest BCUT2D eigenvalue weighted by Gasteiger charge is -2.15. The highest BCUT2D eigenvalue weighted by Crippen LogP contribution is 1.99. The minimum atomic E-state index is -0.735. The van der Waals surface area contributed by atoms with Gasteiger partial charge in [-0.15, -0.1) is 11.6 Å². The summed E-state index contributed by atoms with van der Waals surface area (Å²) in [5, 5.41) is 2.38. The minimum absolute atomic E-state index is 0.252. The molecular formula is C9H16ClNO4. The van der Waals surface area contributed by atoms with Crippen LogP contribution in [0.2, 0.25) is 0 Å².